The van der Waals surface area contributed by atoms with Gasteiger partial charge in [0.25, 0.3) is 0 Å². The molecule has 0 radical (unpaired) electrons. The molecule has 4 N–H and O–H groups in total. The first-order valence-electron chi connectivity index (χ1n) is 8.33. The van der Waals surface area contributed by atoms with E-state index in [1.165, 1.54) is 17.8 Å². The molecule has 136 valence electrons. The third kappa shape index (κ3) is 3.72. The molecule has 8 heteroatoms. The molecule has 27 heavy (non-hydrogen) atoms. The smallest absolute Gasteiger partial charge is 0.232 e. The maximum absolute atomic E-state index is 13.1. The minimum Gasteiger partial charge on any atom is -0.383 e. The molecule has 3 aromatic rings. The molecule has 1 aliphatic rings. The van der Waals surface area contributed by atoms with Crippen LogP contribution < -0.4 is 16.4 Å². The van der Waals surface area contributed by atoms with Gasteiger partial charge in [-0.3, -0.25) is 9.69 Å². The molecule has 1 aliphatic heterocycles. The number of para-hydroxylation sites is 2. The second kappa shape index (κ2) is 7.50. The van der Waals surface area contributed by atoms with Crippen LogP contribution in [0.15, 0.2) is 69.5 Å². The number of nitrogens with two attached hydrogens (primary N) is 2. The molecule has 0 saturated heterocycles. The van der Waals surface area contributed by atoms with Crippen molar-refractivity contribution in [1.82, 2.24) is 9.97 Å². The lowest BCUT2D eigenvalue weighted by Crippen LogP contribution is -2.28. The monoisotopic (exact) mass is 395 g/mol. The zero-order chi connectivity index (χ0) is 18.8. The number of aromatic nitrogens is 2. The summed E-state index contributed by atoms with van der Waals surface area (Å²) in [6, 6.07) is 17.4. The highest BCUT2D eigenvalue weighted by Crippen LogP contribution is 2.48. The van der Waals surface area contributed by atoms with Crippen molar-refractivity contribution in [2.75, 3.05) is 22.1 Å². The standard InChI is InChI=1S/C19H17N5OS2/c20-16-11-17(21)23-19(22-16)26-10-9-18(25)24-12-5-1-3-7-14(12)27-15-8-4-2-6-13(15)24/h1-8,11H,9-10H2,(H4,20,21,22,23). The van der Waals surface area contributed by atoms with Crippen molar-refractivity contribution < 1.29 is 4.79 Å². The molecule has 6 nitrogen and oxygen atoms in total. The molecule has 0 unspecified atom stereocenters. The number of carbonyl (C=O) groups is 1. The van der Waals surface area contributed by atoms with Gasteiger partial charge in [0.15, 0.2) is 5.16 Å². The molecule has 2 aromatic carbocycles. The van der Waals surface area contributed by atoms with E-state index in [0.717, 1.165) is 21.2 Å². The number of hydrogen-bond donors (Lipinski definition) is 2. The summed E-state index contributed by atoms with van der Waals surface area (Å²) >= 11 is 3.05. The number of anilines is 4. The van der Waals surface area contributed by atoms with Gasteiger partial charge in [-0.15, -0.1) is 0 Å². The van der Waals surface area contributed by atoms with Crippen LogP contribution >= 0.6 is 23.5 Å². The van der Waals surface area contributed by atoms with Crippen LogP contribution in [0.1, 0.15) is 6.42 Å². The van der Waals surface area contributed by atoms with Gasteiger partial charge < -0.3 is 11.5 Å². The Bertz CT molecular complexity index is 945. The van der Waals surface area contributed by atoms with Crippen LogP contribution in [0.3, 0.4) is 0 Å². The van der Waals surface area contributed by atoms with Crippen LogP contribution in [0.2, 0.25) is 0 Å². The van der Waals surface area contributed by atoms with E-state index in [9.17, 15) is 4.79 Å². The Kier molecular flexibility index (Phi) is 4.91. The van der Waals surface area contributed by atoms with Gasteiger partial charge in [-0.25, -0.2) is 9.97 Å². The third-order valence-electron chi connectivity index (χ3n) is 3.97. The average molecular weight is 396 g/mol. The summed E-state index contributed by atoms with van der Waals surface area (Å²) in [5.41, 5.74) is 13.2. The van der Waals surface area contributed by atoms with E-state index in [-0.39, 0.29) is 5.91 Å². The first-order valence-corrected chi connectivity index (χ1v) is 10.1. The molecule has 1 amide bonds. The molecular formula is C19H17N5OS2. The van der Waals surface area contributed by atoms with Gasteiger partial charge >= 0.3 is 0 Å². The summed E-state index contributed by atoms with van der Waals surface area (Å²) in [5.74, 6) is 1.22. The number of fused-ring (bicyclic) bond motifs is 2. The topological polar surface area (TPSA) is 98.1 Å². The first-order chi connectivity index (χ1) is 13.1. The minimum absolute atomic E-state index is 0.0274. The second-order valence-electron chi connectivity index (χ2n) is 5.87. The number of nitrogens with zero attached hydrogens (tertiary/aromatic N) is 3. The number of amides is 1. The van der Waals surface area contributed by atoms with E-state index in [2.05, 4.69) is 9.97 Å². The van der Waals surface area contributed by atoms with Gasteiger partial charge in [-0.1, -0.05) is 47.8 Å². The van der Waals surface area contributed by atoms with Crippen LogP contribution in [0.25, 0.3) is 0 Å². The van der Waals surface area contributed by atoms with Crippen molar-refractivity contribution in [2.45, 2.75) is 21.4 Å². The first kappa shape index (κ1) is 17.7. The lowest BCUT2D eigenvalue weighted by molar-refractivity contribution is -0.117. The van der Waals surface area contributed by atoms with Gasteiger partial charge in [0, 0.05) is 28.0 Å². The Morgan fingerprint density at radius 1 is 0.963 bits per heavy atom. The number of thioether (sulfide) groups is 1. The summed E-state index contributed by atoms with van der Waals surface area (Å²) in [6.07, 6.45) is 0.343. The van der Waals surface area contributed by atoms with E-state index < -0.39 is 0 Å². The minimum atomic E-state index is 0.0274. The number of hydrogen-bond acceptors (Lipinski definition) is 7. The van der Waals surface area contributed by atoms with Crippen LogP contribution in [-0.4, -0.2) is 21.6 Å². The van der Waals surface area contributed by atoms with Crippen LogP contribution in [-0.2, 0) is 4.79 Å². The quantitative estimate of drug-likeness (QED) is 0.510. The Labute approximate surface area is 165 Å². The fourth-order valence-corrected chi connectivity index (χ4v) is 4.70. The van der Waals surface area contributed by atoms with Crippen molar-refractivity contribution in [3.63, 3.8) is 0 Å². The van der Waals surface area contributed by atoms with E-state index in [1.54, 1.807) is 16.7 Å². The number of nitrogen functional groups attached to an aromatic ring is 2. The Hall–Kier alpha value is -2.71. The Morgan fingerprint density at radius 3 is 2.11 bits per heavy atom. The van der Waals surface area contributed by atoms with Crippen molar-refractivity contribution in [1.29, 1.82) is 0 Å². The van der Waals surface area contributed by atoms with Crippen LogP contribution in [0, 0.1) is 0 Å². The van der Waals surface area contributed by atoms with Gasteiger partial charge in [0.05, 0.1) is 11.4 Å². The second-order valence-corrected chi connectivity index (χ2v) is 8.01. The predicted octanol–water partition coefficient (Wildman–Crippen LogP) is 3.95. The van der Waals surface area contributed by atoms with E-state index in [1.807, 2.05) is 48.5 Å². The highest BCUT2D eigenvalue weighted by atomic mass is 32.2. The number of benzene rings is 2. The van der Waals surface area contributed by atoms with Crippen molar-refractivity contribution in [3.05, 3.63) is 54.6 Å². The third-order valence-corrected chi connectivity index (χ3v) is 5.95. The number of rotatable bonds is 4. The lowest BCUT2D eigenvalue weighted by Gasteiger charge is -2.31. The molecule has 0 spiro atoms. The Balaban J connectivity index is 1.53. The molecule has 0 saturated carbocycles. The normalized spacial score (nSPS) is 12.4. The fourth-order valence-electron chi connectivity index (χ4n) is 2.84. The molecule has 1 aromatic heterocycles. The predicted molar refractivity (Wildman–Crippen MR) is 110 cm³/mol. The zero-order valence-electron chi connectivity index (χ0n) is 14.3. The lowest BCUT2D eigenvalue weighted by atomic mass is 10.2. The zero-order valence-corrected chi connectivity index (χ0v) is 16.0. The molecule has 0 bridgehead atoms. The maximum Gasteiger partial charge on any atom is 0.232 e. The van der Waals surface area contributed by atoms with Crippen molar-refractivity contribution in [2.24, 2.45) is 0 Å². The molecule has 0 fully saturated rings. The number of carbonyl (C=O) groups excluding carboxylic acids is 1. The summed E-state index contributed by atoms with van der Waals surface area (Å²) in [5, 5.41) is 0.482. The molecule has 0 atom stereocenters. The molecular weight excluding hydrogens is 378 g/mol. The SMILES string of the molecule is Nc1cc(N)nc(SCCC(=O)N2c3ccccc3Sc3ccccc32)n1. The summed E-state index contributed by atoms with van der Waals surface area (Å²) in [6.45, 7) is 0. The summed E-state index contributed by atoms with van der Waals surface area (Å²) < 4.78 is 0. The Morgan fingerprint density at radius 2 is 1.52 bits per heavy atom. The van der Waals surface area contributed by atoms with Gasteiger partial charge in [0.2, 0.25) is 5.91 Å². The highest BCUT2D eigenvalue weighted by molar-refractivity contribution is 7.99. The highest BCUT2D eigenvalue weighted by Gasteiger charge is 2.27. The van der Waals surface area contributed by atoms with E-state index in [0.29, 0.717) is 29.0 Å². The van der Waals surface area contributed by atoms with Gasteiger partial charge in [-0.05, 0) is 24.3 Å². The molecule has 0 aliphatic carbocycles. The van der Waals surface area contributed by atoms with Gasteiger partial charge in [-0.2, -0.15) is 0 Å². The van der Waals surface area contributed by atoms with E-state index >= 15 is 0 Å². The van der Waals surface area contributed by atoms with Gasteiger partial charge in [0.1, 0.15) is 11.6 Å². The van der Waals surface area contributed by atoms with E-state index in [4.69, 9.17) is 11.5 Å². The maximum atomic E-state index is 13.1. The van der Waals surface area contributed by atoms with Crippen LogP contribution in [0.4, 0.5) is 23.0 Å². The van der Waals surface area contributed by atoms with Crippen molar-refractivity contribution >= 4 is 52.4 Å². The average Bonchev–Trinajstić information content (AvgIpc) is 2.65. The summed E-state index contributed by atoms with van der Waals surface area (Å²) in [4.78, 5) is 25.3. The molecule has 4 rings (SSSR count). The van der Waals surface area contributed by atoms with Crippen LogP contribution in [0.5, 0.6) is 0 Å². The molecule has 2 heterocycles. The van der Waals surface area contributed by atoms with Crippen molar-refractivity contribution in [3.8, 4) is 0 Å². The fraction of sp³-hybridized carbons (Fsp3) is 0.105. The summed E-state index contributed by atoms with van der Waals surface area (Å²) in [7, 11) is 0. The largest absolute Gasteiger partial charge is 0.383 e.